The molecule has 3 unspecified atom stereocenters. The Balaban J connectivity index is 1.53. The van der Waals surface area contributed by atoms with Gasteiger partial charge in [0.2, 0.25) is 0 Å². The highest BCUT2D eigenvalue weighted by molar-refractivity contribution is 5.71. The molecule has 4 heteroatoms. The molecule has 2 bridgehead atoms. The van der Waals surface area contributed by atoms with E-state index in [1.54, 1.807) is 0 Å². The van der Waals surface area contributed by atoms with E-state index in [-0.39, 0.29) is 0 Å². The van der Waals surface area contributed by atoms with E-state index in [1.807, 2.05) is 0 Å². The lowest BCUT2D eigenvalue weighted by molar-refractivity contribution is 0.248. The molecule has 0 radical (unpaired) electrons. The van der Waals surface area contributed by atoms with Gasteiger partial charge in [0.15, 0.2) is 0 Å². The number of carbonyl (C=O) groups is 1. The lowest BCUT2D eigenvalue weighted by atomic mass is 9.89. The predicted octanol–water partition coefficient (Wildman–Crippen LogP) is 0.680. The standard InChI is InChI=1S/C11H21N3O/c12-11(15)14-4-3-13-7-10-6-8-1-2-9(10)5-8/h8-10,13H,1-7H2,(H3,12,14,15). The second kappa shape index (κ2) is 4.84. The van der Waals surface area contributed by atoms with Crippen LogP contribution in [0, 0.1) is 17.8 Å². The van der Waals surface area contributed by atoms with E-state index in [0.717, 1.165) is 30.8 Å². The molecule has 0 aromatic heterocycles. The zero-order chi connectivity index (χ0) is 10.7. The molecule has 86 valence electrons. The fourth-order valence-corrected chi connectivity index (χ4v) is 3.19. The van der Waals surface area contributed by atoms with Gasteiger partial charge in [0, 0.05) is 13.1 Å². The molecule has 2 rings (SSSR count). The van der Waals surface area contributed by atoms with Crippen LogP contribution >= 0.6 is 0 Å². The molecule has 4 N–H and O–H groups in total. The van der Waals surface area contributed by atoms with E-state index >= 15 is 0 Å². The monoisotopic (exact) mass is 211 g/mol. The number of nitrogens with two attached hydrogens (primary N) is 1. The van der Waals surface area contributed by atoms with E-state index in [0.29, 0.717) is 6.54 Å². The van der Waals surface area contributed by atoms with Crippen LogP contribution in [0.3, 0.4) is 0 Å². The SMILES string of the molecule is NC(=O)NCCNCC1CC2CCC1C2. The molecule has 3 atom stereocenters. The normalized spacial score (nSPS) is 33.2. The van der Waals surface area contributed by atoms with E-state index in [1.165, 1.54) is 25.7 Å². The summed E-state index contributed by atoms with van der Waals surface area (Å²) in [6, 6.07) is -0.434. The number of primary amides is 1. The van der Waals surface area contributed by atoms with Gasteiger partial charge in [-0.05, 0) is 43.6 Å². The quantitative estimate of drug-likeness (QED) is 0.585. The fraction of sp³-hybridized carbons (Fsp3) is 0.909. The number of hydrogen-bond donors (Lipinski definition) is 3. The van der Waals surface area contributed by atoms with Crippen LogP contribution in [0.4, 0.5) is 4.79 Å². The molecule has 0 saturated heterocycles. The Kier molecular flexibility index (Phi) is 3.46. The molecule has 2 fully saturated rings. The minimum atomic E-state index is -0.434. The van der Waals surface area contributed by atoms with Crippen LogP contribution in [0.2, 0.25) is 0 Å². The molecule has 0 aliphatic heterocycles. The van der Waals surface area contributed by atoms with E-state index in [4.69, 9.17) is 5.73 Å². The average molecular weight is 211 g/mol. The topological polar surface area (TPSA) is 67.2 Å². The Morgan fingerprint density at radius 2 is 2.13 bits per heavy atom. The van der Waals surface area contributed by atoms with Gasteiger partial charge in [-0.2, -0.15) is 0 Å². The molecular formula is C11H21N3O. The number of fused-ring (bicyclic) bond motifs is 2. The van der Waals surface area contributed by atoms with Gasteiger partial charge < -0.3 is 16.4 Å². The number of hydrogen-bond acceptors (Lipinski definition) is 2. The zero-order valence-corrected chi connectivity index (χ0v) is 9.17. The summed E-state index contributed by atoms with van der Waals surface area (Å²) in [5, 5.41) is 5.98. The van der Waals surface area contributed by atoms with Crippen LogP contribution in [-0.2, 0) is 0 Å². The van der Waals surface area contributed by atoms with Crippen molar-refractivity contribution in [3.05, 3.63) is 0 Å². The Hall–Kier alpha value is -0.770. The number of amides is 2. The summed E-state index contributed by atoms with van der Waals surface area (Å²) in [7, 11) is 0. The van der Waals surface area contributed by atoms with Crippen molar-refractivity contribution in [1.29, 1.82) is 0 Å². The Labute approximate surface area is 91.0 Å². The maximum Gasteiger partial charge on any atom is 0.312 e. The van der Waals surface area contributed by atoms with Crippen molar-refractivity contribution in [3.8, 4) is 0 Å². The molecule has 2 aliphatic carbocycles. The maximum absolute atomic E-state index is 10.4. The molecule has 2 amide bonds. The molecule has 2 aliphatic rings. The van der Waals surface area contributed by atoms with Crippen molar-refractivity contribution in [2.75, 3.05) is 19.6 Å². The van der Waals surface area contributed by atoms with Crippen molar-refractivity contribution < 1.29 is 4.79 Å². The number of rotatable bonds is 5. The highest BCUT2D eigenvalue weighted by Gasteiger charge is 2.38. The van der Waals surface area contributed by atoms with Crippen LogP contribution in [0.15, 0.2) is 0 Å². The summed E-state index contributed by atoms with van der Waals surface area (Å²) < 4.78 is 0. The maximum atomic E-state index is 10.4. The Bertz CT molecular complexity index is 232. The van der Waals surface area contributed by atoms with Gasteiger partial charge in [0.25, 0.3) is 0 Å². The third-order valence-electron chi connectivity index (χ3n) is 3.89. The first-order chi connectivity index (χ1) is 7.25. The van der Waals surface area contributed by atoms with E-state index in [9.17, 15) is 4.79 Å². The van der Waals surface area contributed by atoms with E-state index < -0.39 is 6.03 Å². The van der Waals surface area contributed by atoms with Crippen molar-refractivity contribution in [3.63, 3.8) is 0 Å². The molecule has 0 heterocycles. The lowest BCUT2D eigenvalue weighted by Gasteiger charge is -2.21. The Morgan fingerprint density at radius 1 is 1.27 bits per heavy atom. The highest BCUT2D eigenvalue weighted by atomic mass is 16.2. The molecule has 0 aromatic carbocycles. The number of urea groups is 1. The first-order valence-electron chi connectivity index (χ1n) is 5.99. The van der Waals surface area contributed by atoms with Crippen molar-refractivity contribution in [2.24, 2.45) is 23.5 Å². The summed E-state index contributed by atoms with van der Waals surface area (Å²) in [5.74, 6) is 2.88. The molecular weight excluding hydrogens is 190 g/mol. The van der Waals surface area contributed by atoms with Gasteiger partial charge in [-0.25, -0.2) is 4.79 Å². The van der Waals surface area contributed by atoms with Gasteiger partial charge in [0.05, 0.1) is 0 Å². The van der Waals surface area contributed by atoms with Gasteiger partial charge in [-0.1, -0.05) is 6.42 Å². The second-order valence-electron chi connectivity index (χ2n) is 4.93. The van der Waals surface area contributed by atoms with Gasteiger partial charge in [-0.15, -0.1) is 0 Å². The summed E-state index contributed by atoms with van der Waals surface area (Å²) in [6.07, 6.45) is 5.79. The van der Waals surface area contributed by atoms with Crippen LogP contribution in [0.1, 0.15) is 25.7 Å². The van der Waals surface area contributed by atoms with Crippen molar-refractivity contribution >= 4 is 6.03 Å². The second-order valence-corrected chi connectivity index (χ2v) is 4.93. The van der Waals surface area contributed by atoms with Gasteiger partial charge in [0.1, 0.15) is 0 Å². The molecule has 4 nitrogen and oxygen atoms in total. The molecule has 0 aromatic rings. The van der Waals surface area contributed by atoms with Crippen molar-refractivity contribution in [2.45, 2.75) is 25.7 Å². The van der Waals surface area contributed by atoms with Crippen molar-refractivity contribution in [1.82, 2.24) is 10.6 Å². The molecule has 0 spiro atoms. The van der Waals surface area contributed by atoms with Crippen LogP contribution in [0.5, 0.6) is 0 Å². The third-order valence-corrected chi connectivity index (χ3v) is 3.89. The number of carbonyl (C=O) groups excluding carboxylic acids is 1. The first-order valence-corrected chi connectivity index (χ1v) is 5.99. The Morgan fingerprint density at radius 3 is 2.73 bits per heavy atom. The van der Waals surface area contributed by atoms with Crippen LogP contribution < -0.4 is 16.4 Å². The minimum absolute atomic E-state index is 0.434. The number of nitrogens with one attached hydrogen (secondary N) is 2. The summed E-state index contributed by atoms with van der Waals surface area (Å²) in [5.41, 5.74) is 4.97. The van der Waals surface area contributed by atoms with E-state index in [2.05, 4.69) is 10.6 Å². The van der Waals surface area contributed by atoms with Crippen LogP contribution in [-0.4, -0.2) is 25.7 Å². The van der Waals surface area contributed by atoms with Gasteiger partial charge in [-0.3, -0.25) is 0 Å². The lowest BCUT2D eigenvalue weighted by Crippen LogP contribution is -2.37. The predicted molar refractivity (Wildman–Crippen MR) is 59.4 cm³/mol. The fourth-order valence-electron chi connectivity index (χ4n) is 3.19. The largest absolute Gasteiger partial charge is 0.352 e. The molecule has 2 saturated carbocycles. The van der Waals surface area contributed by atoms with Crippen LogP contribution in [0.25, 0.3) is 0 Å². The zero-order valence-electron chi connectivity index (χ0n) is 9.17. The summed E-state index contributed by atoms with van der Waals surface area (Å²) in [6.45, 7) is 2.58. The smallest absolute Gasteiger partial charge is 0.312 e. The molecule has 15 heavy (non-hydrogen) atoms. The summed E-state index contributed by atoms with van der Waals surface area (Å²) >= 11 is 0. The average Bonchev–Trinajstić information content (AvgIpc) is 2.78. The highest BCUT2D eigenvalue weighted by Crippen LogP contribution is 2.47. The summed E-state index contributed by atoms with van der Waals surface area (Å²) in [4.78, 5) is 10.4. The van der Waals surface area contributed by atoms with Gasteiger partial charge >= 0.3 is 6.03 Å². The first kappa shape index (κ1) is 10.7. The minimum Gasteiger partial charge on any atom is -0.352 e. The third kappa shape index (κ3) is 2.84.